The van der Waals surface area contributed by atoms with Gasteiger partial charge in [-0.05, 0) is 89.3 Å². The highest BCUT2D eigenvalue weighted by Gasteiger charge is 2.42. The summed E-state index contributed by atoms with van der Waals surface area (Å²) in [7, 11) is 2.13. The fourth-order valence-corrected chi connectivity index (χ4v) is 10.1. The summed E-state index contributed by atoms with van der Waals surface area (Å²) in [5.41, 5.74) is -0.404. The first-order valence-electron chi connectivity index (χ1n) is 25.6. The van der Waals surface area contributed by atoms with Crippen LogP contribution >= 0.6 is 0 Å². The second-order valence-electron chi connectivity index (χ2n) is 20.0. The monoisotopic (exact) mass is 802 g/mol. The number of ether oxygens (including phenoxy) is 4. The number of hydrogen-bond donors (Lipinski definition) is 0. The molecule has 0 N–H and O–H groups in total. The Morgan fingerprint density at radius 3 is 1.44 bits per heavy atom. The molecule has 6 nitrogen and oxygen atoms in total. The van der Waals surface area contributed by atoms with Gasteiger partial charge in [0.25, 0.3) is 0 Å². The van der Waals surface area contributed by atoms with Crippen LogP contribution in [0.25, 0.3) is 0 Å². The Balaban J connectivity index is 1.03. The van der Waals surface area contributed by atoms with Gasteiger partial charge in [-0.2, -0.15) is 0 Å². The number of likely N-dealkylation sites (tertiary alicyclic amines) is 1. The highest BCUT2D eigenvalue weighted by Crippen LogP contribution is 2.46. The zero-order valence-corrected chi connectivity index (χ0v) is 38.4. The smallest absolute Gasteiger partial charge is 0.311 e. The summed E-state index contributed by atoms with van der Waals surface area (Å²) in [6, 6.07) is 0. The highest BCUT2D eigenvalue weighted by atomic mass is 16.6. The first kappa shape index (κ1) is 49.0. The third kappa shape index (κ3) is 20.6. The molecule has 7 atom stereocenters. The molecule has 57 heavy (non-hydrogen) atoms. The molecule has 0 aromatic heterocycles. The quantitative estimate of drug-likeness (QED) is 0.0461. The molecule has 4 unspecified atom stereocenters. The third-order valence-electron chi connectivity index (χ3n) is 14.7. The molecule has 334 valence electrons. The van der Waals surface area contributed by atoms with Crippen LogP contribution in [0.1, 0.15) is 226 Å². The molecule has 2 saturated carbocycles. The standard InChI is InChI=1S/C51H95NO5/c1-5-7-9-11-17-23-29-43-39-45(43)31-25-19-13-15-21-27-37-54-47-41-56-48(42-57-50(53)51(3)33-35-52(4)36-34-51)49(47)55-38-28-22-16-14-20-26-32-46-40-44(46)30-24-18-12-10-8-6-2/h43-49H,5-42H2,1-4H3/t43?,44?,45?,46?,47-,48+,49+/m0/s1. The van der Waals surface area contributed by atoms with E-state index in [1.807, 2.05) is 0 Å². The number of esters is 1. The summed E-state index contributed by atoms with van der Waals surface area (Å²) in [5.74, 6) is 4.14. The number of unbranched alkanes of at least 4 members (excludes halogenated alkanes) is 20. The second-order valence-corrected chi connectivity index (χ2v) is 20.0. The lowest BCUT2D eigenvalue weighted by molar-refractivity contribution is -0.163. The summed E-state index contributed by atoms with van der Waals surface area (Å²) >= 11 is 0. The Morgan fingerprint density at radius 1 is 0.579 bits per heavy atom. The molecule has 0 aromatic carbocycles. The maximum absolute atomic E-state index is 13.2. The van der Waals surface area contributed by atoms with Crippen LogP contribution in [0, 0.1) is 29.1 Å². The average Bonchev–Trinajstić information content (AvgIpc) is 4.12. The second kappa shape index (κ2) is 29.5. The van der Waals surface area contributed by atoms with Gasteiger partial charge >= 0.3 is 5.97 Å². The maximum Gasteiger partial charge on any atom is 0.311 e. The van der Waals surface area contributed by atoms with Crippen molar-refractivity contribution in [2.24, 2.45) is 29.1 Å². The molecule has 0 aromatic rings. The van der Waals surface area contributed by atoms with Crippen molar-refractivity contribution in [3.8, 4) is 0 Å². The Morgan fingerprint density at radius 2 is 0.982 bits per heavy atom. The topological polar surface area (TPSA) is 57.2 Å². The lowest BCUT2D eigenvalue weighted by atomic mass is 9.80. The highest BCUT2D eigenvalue weighted by molar-refractivity contribution is 5.76. The SMILES string of the molecule is CCCCCCCCC1CC1CCCCCCCCO[C@@H]1[C@@H](OCCCCCCCCC2CC2CCCCCCCC)CO[C@@H]1COC(=O)C1(C)CCN(C)CC1. The summed E-state index contributed by atoms with van der Waals surface area (Å²) in [4.78, 5) is 15.5. The largest absolute Gasteiger partial charge is 0.462 e. The van der Waals surface area contributed by atoms with E-state index in [0.717, 1.165) is 75.7 Å². The van der Waals surface area contributed by atoms with Crippen molar-refractivity contribution < 1.29 is 23.7 Å². The van der Waals surface area contributed by atoms with Gasteiger partial charge in [-0.15, -0.1) is 0 Å². The minimum absolute atomic E-state index is 0.0808. The molecule has 0 bridgehead atoms. The van der Waals surface area contributed by atoms with Crippen LogP contribution in [-0.4, -0.2) is 75.7 Å². The number of carbonyl (C=O) groups excluding carboxylic acids is 1. The van der Waals surface area contributed by atoms with Gasteiger partial charge in [0.05, 0.1) is 12.0 Å². The molecule has 0 amide bonds. The van der Waals surface area contributed by atoms with Gasteiger partial charge in [0.1, 0.15) is 24.9 Å². The van der Waals surface area contributed by atoms with Gasteiger partial charge in [-0.25, -0.2) is 0 Å². The van der Waals surface area contributed by atoms with E-state index in [-0.39, 0.29) is 30.9 Å². The zero-order valence-electron chi connectivity index (χ0n) is 38.4. The summed E-state index contributed by atoms with van der Waals surface area (Å²) in [6.07, 6.45) is 42.9. The predicted molar refractivity (Wildman–Crippen MR) is 239 cm³/mol. The first-order chi connectivity index (χ1) is 27.9. The van der Waals surface area contributed by atoms with Crippen molar-refractivity contribution in [2.75, 3.05) is 46.6 Å². The molecule has 2 saturated heterocycles. The fraction of sp³-hybridized carbons (Fsp3) is 0.980. The lowest BCUT2D eigenvalue weighted by Crippen LogP contribution is -2.43. The number of carbonyl (C=O) groups is 1. The van der Waals surface area contributed by atoms with Gasteiger partial charge in [0.15, 0.2) is 0 Å². The first-order valence-corrected chi connectivity index (χ1v) is 25.6. The molecule has 0 radical (unpaired) electrons. The minimum atomic E-state index is -0.404. The van der Waals surface area contributed by atoms with Crippen molar-refractivity contribution >= 4 is 5.97 Å². The Hall–Kier alpha value is -0.690. The average molecular weight is 802 g/mol. The molecule has 2 aliphatic carbocycles. The van der Waals surface area contributed by atoms with Crippen molar-refractivity contribution in [1.82, 2.24) is 4.90 Å². The number of rotatable bonds is 37. The molecular formula is C51H95NO5. The van der Waals surface area contributed by atoms with Crippen molar-refractivity contribution in [2.45, 2.75) is 245 Å². The summed E-state index contributed by atoms with van der Waals surface area (Å²) in [6.45, 7) is 10.8. The van der Waals surface area contributed by atoms with Gasteiger partial charge in [0, 0.05) is 13.2 Å². The predicted octanol–water partition coefficient (Wildman–Crippen LogP) is 13.7. The van der Waals surface area contributed by atoms with Crippen LogP contribution in [0.3, 0.4) is 0 Å². The van der Waals surface area contributed by atoms with Gasteiger partial charge in [-0.1, -0.05) is 181 Å². The Kier molecular flexibility index (Phi) is 25.4. The maximum atomic E-state index is 13.2. The number of nitrogens with zero attached hydrogens (tertiary/aromatic N) is 1. The molecule has 4 rings (SSSR count). The van der Waals surface area contributed by atoms with Crippen LogP contribution < -0.4 is 0 Å². The fourth-order valence-electron chi connectivity index (χ4n) is 10.1. The Bertz CT molecular complexity index is 998. The number of hydrogen-bond acceptors (Lipinski definition) is 6. The van der Waals surface area contributed by atoms with Crippen molar-refractivity contribution in [1.29, 1.82) is 0 Å². The lowest BCUT2D eigenvalue weighted by Gasteiger charge is -2.36. The summed E-state index contributed by atoms with van der Waals surface area (Å²) < 4.78 is 25.2. The van der Waals surface area contributed by atoms with E-state index in [1.54, 1.807) is 0 Å². The van der Waals surface area contributed by atoms with E-state index in [9.17, 15) is 4.79 Å². The number of piperidine rings is 1. The molecule has 2 heterocycles. The van der Waals surface area contributed by atoms with Crippen LogP contribution in [-0.2, 0) is 23.7 Å². The summed E-state index contributed by atoms with van der Waals surface area (Å²) in [5, 5.41) is 0. The van der Waals surface area contributed by atoms with Crippen LogP contribution in [0.2, 0.25) is 0 Å². The van der Waals surface area contributed by atoms with Gasteiger partial charge in [0.2, 0.25) is 0 Å². The van der Waals surface area contributed by atoms with Crippen LogP contribution in [0.4, 0.5) is 0 Å². The van der Waals surface area contributed by atoms with Crippen molar-refractivity contribution in [3.05, 3.63) is 0 Å². The molecule has 0 spiro atoms. The zero-order chi connectivity index (χ0) is 40.4. The van der Waals surface area contributed by atoms with E-state index in [0.29, 0.717) is 6.61 Å². The van der Waals surface area contributed by atoms with E-state index >= 15 is 0 Å². The van der Waals surface area contributed by atoms with Crippen LogP contribution in [0.5, 0.6) is 0 Å². The van der Waals surface area contributed by atoms with Crippen LogP contribution in [0.15, 0.2) is 0 Å². The molecule has 6 heteroatoms. The minimum Gasteiger partial charge on any atom is -0.462 e. The van der Waals surface area contributed by atoms with Gasteiger partial charge in [-0.3, -0.25) is 4.79 Å². The van der Waals surface area contributed by atoms with E-state index in [1.165, 1.54) is 180 Å². The normalized spacial score (nSPS) is 26.9. The Labute approximate surface area is 353 Å². The molecular weight excluding hydrogens is 707 g/mol. The third-order valence-corrected chi connectivity index (χ3v) is 14.7. The molecule has 4 aliphatic rings. The van der Waals surface area contributed by atoms with E-state index in [4.69, 9.17) is 18.9 Å². The van der Waals surface area contributed by atoms with E-state index in [2.05, 4.69) is 32.7 Å². The van der Waals surface area contributed by atoms with Gasteiger partial charge < -0.3 is 23.8 Å². The molecule has 4 fully saturated rings. The molecule has 2 aliphatic heterocycles. The van der Waals surface area contributed by atoms with Crippen molar-refractivity contribution in [3.63, 3.8) is 0 Å². The van der Waals surface area contributed by atoms with E-state index < -0.39 is 5.41 Å².